The molecule has 18 heavy (non-hydrogen) atoms. The molecule has 8 nitrogen and oxygen atoms in total. The van der Waals surface area contributed by atoms with E-state index in [1.165, 1.54) is 0 Å². The van der Waals surface area contributed by atoms with Gasteiger partial charge in [-0.05, 0) is 22.0 Å². The molecule has 0 aromatic heterocycles. The molecule has 0 aliphatic heterocycles. The molecule has 0 spiro atoms. The van der Waals surface area contributed by atoms with Crippen molar-refractivity contribution in [3.8, 4) is 5.75 Å². The van der Waals surface area contributed by atoms with E-state index < -0.39 is 32.9 Å². The Hall–Kier alpha value is -2.29. The maximum Gasteiger partial charge on any atom is 0.350 e. The van der Waals surface area contributed by atoms with Crippen molar-refractivity contribution in [2.24, 2.45) is 0 Å². The second-order valence-electron chi connectivity index (χ2n) is 2.96. The van der Waals surface area contributed by atoms with Gasteiger partial charge >= 0.3 is 11.7 Å². The lowest BCUT2D eigenvalue weighted by Gasteiger charge is -2.03. The number of hydrogen-bond donors (Lipinski definition) is 0. The Morgan fingerprint density at radius 2 is 1.89 bits per heavy atom. The fourth-order valence-corrected chi connectivity index (χ4v) is 1.08. The SMILES string of the molecule is C=C(Br)C(=O)Oc1ccc([N+](=O)[O-])cc1[N+](=O)[O-]. The maximum atomic E-state index is 11.2. The van der Waals surface area contributed by atoms with Crippen molar-refractivity contribution >= 4 is 33.3 Å². The highest BCUT2D eigenvalue weighted by molar-refractivity contribution is 9.12. The molecule has 0 atom stereocenters. The Labute approximate surface area is 108 Å². The Kier molecular flexibility index (Phi) is 4.10. The zero-order valence-corrected chi connectivity index (χ0v) is 10.2. The third kappa shape index (κ3) is 3.10. The molecular formula is C9H5BrN2O6. The molecule has 0 fully saturated rings. The number of nitro benzene ring substituents is 2. The topological polar surface area (TPSA) is 113 Å². The molecule has 0 bridgehead atoms. The van der Waals surface area contributed by atoms with Gasteiger partial charge in [-0.1, -0.05) is 6.58 Å². The van der Waals surface area contributed by atoms with Crippen LogP contribution in [0.2, 0.25) is 0 Å². The van der Waals surface area contributed by atoms with Crippen LogP contribution in [-0.2, 0) is 4.79 Å². The Balaban J connectivity index is 3.20. The molecule has 0 heterocycles. The van der Waals surface area contributed by atoms with Gasteiger partial charge in [-0.3, -0.25) is 20.2 Å². The van der Waals surface area contributed by atoms with Gasteiger partial charge in [-0.2, -0.15) is 0 Å². The van der Waals surface area contributed by atoms with Gasteiger partial charge in [0.05, 0.1) is 20.4 Å². The van der Waals surface area contributed by atoms with E-state index in [2.05, 4.69) is 27.2 Å². The van der Waals surface area contributed by atoms with Crippen molar-refractivity contribution < 1.29 is 19.4 Å². The summed E-state index contributed by atoms with van der Waals surface area (Å²) in [7, 11) is 0. The third-order valence-corrected chi connectivity index (χ3v) is 2.10. The van der Waals surface area contributed by atoms with Crippen molar-refractivity contribution in [2.45, 2.75) is 0 Å². The fraction of sp³-hybridized carbons (Fsp3) is 0. The molecule has 0 radical (unpaired) electrons. The second-order valence-corrected chi connectivity index (χ2v) is 3.92. The smallest absolute Gasteiger partial charge is 0.350 e. The normalized spacial score (nSPS) is 9.61. The molecular weight excluding hydrogens is 312 g/mol. The molecule has 94 valence electrons. The predicted molar refractivity (Wildman–Crippen MR) is 63.5 cm³/mol. The number of hydrogen-bond acceptors (Lipinski definition) is 6. The van der Waals surface area contributed by atoms with Crippen LogP contribution in [0.5, 0.6) is 5.75 Å². The van der Waals surface area contributed by atoms with Gasteiger partial charge in [0.2, 0.25) is 5.75 Å². The van der Waals surface area contributed by atoms with E-state index in [-0.39, 0.29) is 4.48 Å². The van der Waals surface area contributed by atoms with Crippen molar-refractivity contribution in [3.63, 3.8) is 0 Å². The lowest BCUT2D eigenvalue weighted by atomic mass is 10.2. The van der Waals surface area contributed by atoms with Gasteiger partial charge in [0.25, 0.3) is 5.69 Å². The van der Waals surface area contributed by atoms with Crippen LogP contribution >= 0.6 is 15.9 Å². The molecule has 0 saturated heterocycles. The van der Waals surface area contributed by atoms with Crippen LogP contribution in [-0.4, -0.2) is 15.8 Å². The van der Waals surface area contributed by atoms with Crippen molar-refractivity contribution in [2.75, 3.05) is 0 Å². The van der Waals surface area contributed by atoms with Gasteiger partial charge in [0, 0.05) is 6.07 Å². The van der Waals surface area contributed by atoms with Crippen LogP contribution in [0.4, 0.5) is 11.4 Å². The van der Waals surface area contributed by atoms with Gasteiger partial charge in [0.15, 0.2) is 0 Å². The molecule has 0 saturated carbocycles. The molecule has 0 N–H and O–H groups in total. The summed E-state index contributed by atoms with van der Waals surface area (Å²) in [5.74, 6) is -1.32. The number of halogens is 1. The number of carbonyl (C=O) groups is 1. The van der Waals surface area contributed by atoms with Crippen LogP contribution in [0.3, 0.4) is 0 Å². The quantitative estimate of drug-likeness (QED) is 0.277. The second kappa shape index (κ2) is 5.36. The van der Waals surface area contributed by atoms with Crippen LogP contribution in [0.1, 0.15) is 0 Å². The average molecular weight is 317 g/mol. The summed E-state index contributed by atoms with van der Waals surface area (Å²) >= 11 is 2.75. The fourth-order valence-electron chi connectivity index (χ4n) is 1.00. The van der Waals surface area contributed by atoms with Crippen LogP contribution in [0, 0.1) is 20.2 Å². The van der Waals surface area contributed by atoms with Gasteiger partial charge in [-0.25, -0.2) is 4.79 Å². The first-order chi connectivity index (χ1) is 8.32. The van der Waals surface area contributed by atoms with E-state index in [1.807, 2.05) is 0 Å². The first-order valence-corrected chi connectivity index (χ1v) is 5.11. The van der Waals surface area contributed by atoms with Crippen LogP contribution < -0.4 is 4.74 Å². The van der Waals surface area contributed by atoms with Crippen molar-refractivity contribution in [1.29, 1.82) is 0 Å². The first kappa shape index (κ1) is 13.8. The highest BCUT2D eigenvalue weighted by Crippen LogP contribution is 2.31. The average Bonchev–Trinajstić information content (AvgIpc) is 2.28. The summed E-state index contributed by atoms with van der Waals surface area (Å²) < 4.78 is 4.52. The highest BCUT2D eigenvalue weighted by atomic mass is 79.9. The molecule has 0 aliphatic carbocycles. The van der Waals surface area contributed by atoms with Crippen LogP contribution in [0.25, 0.3) is 0 Å². The van der Waals surface area contributed by atoms with E-state index in [4.69, 9.17) is 0 Å². The number of nitrogens with zero attached hydrogens (tertiary/aromatic N) is 2. The van der Waals surface area contributed by atoms with Gasteiger partial charge < -0.3 is 4.74 Å². The molecule has 1 aromatic rings. The van der Waals surface area contributed by atoms with Crippen molar-refractivity contribution in [3.05, 3.63) is 49.5 Å². The number of ether oxygens (including phenoxy) is 1. The van der Waals surface area contributed by atoms with E-state index in [0.717, 1.165) is 12.1 Å². The van der Waals surface area contributed by atoms with Gasteiger partial charge in [-0.15, -0.1) is 0 Å². The molecule has 0 aliphatic rings. The number of carbonyl (C=O) groups excluding carboxylic acids is 1. The van der Waals surface area contributed by atoms with Gasteiger partial charge in [0.1, 0.15) is 0 Å². The Bertz CT molecular complexity index is 556. The largest absolute Gasteiger partial charge is 0.415 e. The van der Waals surface area contributed by atoms with E-state index in [0.29, 0.717) is 6.07 Å². The molecule has 0 amide bonds. The maximum absolute atomic E-state index is 11.2. The summed E-state index contributed by atoms with van der Waals surface area (Å²) in [5, 5.41) is 21.2. The van der Waals surface area contributed by atoms with E-state index in [9.17, 15) is 25.0 Å². The summed E-state index contributed by atoms with van der Waals surface area (Å²) in [5.41, 5.74) is -1.15. The van der Waals surface area contributed by atoms with E-state index >= 15 is 0 Å². The number of rotatable bonds is 4. The monoisotopic (exact) mass is 316 g/mol. The summed E-state index contributed by atoms with van der Waals surface area (Å²) in [6, 6.07) is 2.68. The third-order valence-electron chi connectivity index (χ3n) is 1.77. The number of nitro groups is 2. The van der Waals surface area contributed by atoms with Crippen LogP contribution in [0.15, 0.2) is 29.3 Å². The Morgan fingerprint density at radius 3 is 2.33 bits per heavy atom. The molecule has 1 aromatic carbocycles. The summed E-state index contributed by atoms with van der Waals surface area (Å²) in [4.78, 5) is 30.7. The number of esters is 1. The zero-order chi connectivity index (χ0) is 13.9. The predicted octanol–water partition coefficient (Wildman–Crippen LogP) is 2.32. The molecule has 1 rings (SSSR count). The molecule has 0 unspecified atom stereocenters. The van der Waals surface area contributed by atoms with Crippen molar-refractivity contribution in [1.82, 2.24) is 0 Å². The first-order valence-electron chi connectivity index (χ1n) is 4.32. The minimum absolute atomic E-state index is 0.129. The Morgan fingerprint density at radius 1 is 1.28 bits per heavy atom. The summed E-state index contributed by atoms with van der Waals surface area (Å²) in [6.07, 6.45) is 0. The number of non-ortho nitro benzene ring substituents is 1. The minimum atomic E-state index is -0.924. The molecule has 9 heteroatoms. The lowest BCUT2D eigenvalue weighted by molar-refractivity contribution is -0.394. The summed E-state index contributed by atoms with van der Waals surface area (Å²) in [6.45, 7) is 3.24. The zero-order valence-electron chi connectivity index (χ0n) is 8.66. The minimum Gasteiger partial charge on any atom is -0.415 e. The number of benzene rings is 1. The lowest BCUT2D eigenvalue weighted by Crippen LogP contribution is -2.08. The van der Waals surface area contributed by atoms with E-state index in [1.54, 1.807) is 0 Å². The highest BCUT2D eigenvalue weighted by Gasteiger charge is 2.22. The standard InChI is InChI=1S/C9H5BrN2O6/c1-5(10)9(13)18-8-3-2-6(11(14)15)4-7(8)12(16)17/h2-4H,1H2.